The lowest BCUT2D eigenvalue weighted by Crippen LogP contribution is -2.49. The fourth-order valence-electron chi connectivity index (χ4n) is 2.90. The minimum atomic E-state index is 0. The van der Waals surface area contributed by atoms with Crippen LogP contribution in [0.4, 0.5) is 0 Å². The van der Waals surface area contributed by atoms with E-state index in [4.69, 9.17) is 4.99 Å². The minimum Gasteiger partial charge on any atom is -0.357 e. The smallest absolute Gasteiger partial charge is 0.191 e. The van der Waals surface area contributed by atoms with Gasteiger partial charge in [-0.15, -0.1) is 24.0 Å². The molecule has 0 unspecified atom stereocenters. The molecule has 0 atom stereocenters. The number of nitrogens with zero attached hydrogens (tertiary/aromatic N) is 3. The third kappa shape index (κ3) is 6.71. The lowest BCUT2D eigenvalue weighted by molar-refractivity contribution is 0.167. The van der Waals surface area contributed by atoms with Crippen LogP contribution in [-0.4, -0.2) is 47.1 Å². The SMILES string of the molecule is CCNC(=NCc1ccn(C)c1)NC1CCN(C(C)C)CC1.I. The van der Waals surface area contributed by atoms with Crippen molar-refractivity contribution >= 4 is 29.9 Å². The third-order valence-corrected chi connectivity index (χ3v) is 4.26. The van der Waals surface area contributed by atoms with Gasteiger partial charge < -0.3 is 20.1 Å². The van der Waals surface area contributed by atoms with Crippen LogP contribution in [-0.2, 0) is 13.6 Å². The van der Waals surface area contributed by atoms with Gasteiger partial charge in [0, 0.05) is 51.2 Å². The summed E-state index contributed by atoms with van der Waals surface area (Å²) in [6.45, 7) is 10.6. The van der Waals surface area contributed by atoms with Crippen molar-refractivity contribution in [1.29, 1.82) is 0 Å². The van der Waals surface area contributed by atoms with Gasteiger partial charge in [-0.25, -0.2) is 4.99 Å². The van der Waals surface area contributed by atoms with E-state index in [1.54, 1.807) is 0 Å². The quantitative estimate of drug-likeness (QED) is 0.426. The molecule has 6 heteroatoms. The first-order valence-corrected chi connectivity index (χ1v) is 8.48. The van der Waals surface area contributed by atoms with Crippen molar-refractivity contribution in [3.05, 3.63) is 24.0 Å². The van der Waals surface area contributed by atoms with Crippen LogP contribution in [0.15, 0.2) is 23.5 Å². The van der Waals surface area contributed by atoms with Gasteiger partial charge in [-0.3, -0.25) is 0 Å². The van der Waals surface area contributed by atoms with E-state index in [1.807, 2.05) is 7.05 Å². The molecule has 1 aliphatic rings. The first-order valence-electron chi connectivity index (χ1n) is 8.48. The number of piperidine rings is 1. The van der Waals surface area contributed by atoms with Crippen LogP contribution in [0.25, 0.3) is 0 Å². The summed E-state index contributed by atoms with van der Waals surface area (Å²) in [4.78, 5) is 7.26. The summed E-state index contributed by atoms with van der Waals surface area (Å²) in [5, 5.41) is 6.96. The Hall–Kier alpha value is -0.760. The number of rotatable bonds is 5. The van der Waals surface area contributed by atoms with Crippen molar-refractivity contribution in [2.75, 3.05) is 19.6 Å². The Morgan fingerprint density at radius 2 is 2.04 bits per heavy atom. The lowest BCUT2D eigenvalue weighted by Gasteiger charge is -2.35. The highest BCUT2D eigenvalue weighted by Gasteiger charge is 2.21. The average molecular weight is 433 g/mol. The second-order valence-corrected chi connectivity index (χ2v) is 6.43. The molecule has 1 aromatic rings. The summed E-state index contributed by atoms with van der Waals surface area (Å²) >= 11 is 0. The summed E-state index contributed by atoms with van der Waals surface area (Å²) in [5.74, 6) is 0.939. The largest absolute Gasteiger partial charge is 0.357 e. The Labute approximate surface area is 157 Å². The van der Waals surface area contributed by atoms with E-state index in [2.05, 4.69) is 59.3 Å². The maximum Gasteiger partial charge on any atom is 0.191 e. The Kier molecular flexibility index (Phi) is 8.98. The van der Waals surface area contributed by atoms with Gasteiger partial charge in [-0.05, 0) is 45.2 Å². The molecule has 1 fully saturated rings. The molecule has 2 heterocycles. The molecule has 1 saturated heterocycles. The molecule has 0 aromatic carbocycles. The molecule has 2 N–H and O–H groups in total. The normalized spacial score (nSPS) is 17.2. The number of aryl methyl sites for hydroxylation is 1. The van der Waals surface area contributed by atoms with Gasteiger partial charge in [0.15, 0.2) is 5.96 Å². The van der Waals surface area contributed by atoms with E-state index in [0.29, 0.717) is 12.1 Å². The number of guanidine groups is 1. The zero-order valence-corrected chi connectivity index (χ0v) is 17.2. The number of hydrogen-bond acceptors (Lipinski definition) is 2. The molecule has 0 spiro atoms. The van der Waals surface area contributed by atoms with Crippen LogP contribution in [0, 0.1) is 0 Å². The molecule has 0 saturated carbocycles. The summed E-state index contributed by atoms with van der Waals surface area (Å²) < 4.78 is 2.06. The number of likely N-dealkylation sites (tertiary alicyclic amines) is 1. The Morgan fingerprint density at radius 1 is 1.35 bits per heavy atom. The highest BCUT2D eigenvalue weighted by atomic mass is 127. The van der Waals surface area contributed by atoms with Gasteiger partial charge in [0.05, 0.1) is 6.54 Å². The summed E-state index contributed by atoms with van der Waals surface area (Å²) in [5.41, 5.74) is 1.24. The molecule has 0 bridgehead atoms. The van der Waals surface area contributed by atoms with Crippen LogP contribution in [0.3, 0.4) is 0 Å². The topological polar surface area (TPSA) is 44.6 Å². The molecule has 2 rings (SSSR count). The van der Waals surface area contributed by atoms with Gasteiger partial charge in [0.2, 0.25) is 0 Å². The van der Waals surface area contributed by atoms with Crippen molar-refractivity contribution in [3.8, 4) is 0 Å². The maximum absolute atomic E-state index is 4.71. The third-order valence-electron chi connectivity index (χ3n) is 4.26. The minimum absolute atomic E-state index is 0. The monoisotopic (exact) mass is 433 g/mol. The number of aromatic nitrogens is 1. The maximum atomic E-state index is 4.71. The van der Waals surface area contributed by atoms with Crippen LogP contribution in [0.2, 0.25) is 0 Å². The van der Waals surface area contributed by atoms with E-state index in [0.717, 1.165) is 19.0 Å². The summed E-state index contributed by atoms with van der Waals surface area (Å²) in [6, 6.07) is 3.30. The van der Waals surface area contributed by atoms with Gasteiger partial charge in [0.25, 0.3) is 0 Å². The Bertz CT molecular complexity index is 475. The first kappa shape index (κ1) is 20.3. The predicted octanol–water partition coefficient (Wildman–Crippen LogP) is 2.57. The molecule has 1 aromatic heterocycles. The number of halogens is 1. The summed E-state index contributed by atoms with van der Waals surface area (Å²) in [6.07, 6.45) is 6.56. The summed E-state index contributed by atoms with van der Waals surface area (Å²) in [7, 11) is 2.04. The zero-order chi connectivity index (χ0) is 15.9. The molecule has 0 amide bonds. The van der Waals surface area contributed by atoms with Crippen molar-refractivity contribution < 1.29 is 0 Å². The number of hydrogen-bond donors (Lipinski definition) is 2. The van der Waals surface area contributed by atoms with E-state index < -0.39 is 0 Å². The molecule has 5 nitrogen and oxygen atoms in total. The molecule has 0 aliphatic carbocycles. The fourth-order valence-corrected chi connectivity index (χ4v) is 2.90. The second-order valence-electron chi connectivity index (χ2n) is 6.43. The molecule has 132 valence electrons. The molecule has 1 aliphatic heterocycles. The van der Waals surface area contributed by atoms with Crippen molar-refractivity contribution in [1.82, 2.24) is 20.1 Å². The lowest BCUT2D eigenvalue weighted by atomic mass is 10.0. The Balaban J connectivity index is 0.00000264. The van der Waals surface area contributed by atoms with Crippen molar-refractivity contribution in [2.24, 2.45) is 12.0 Å². The average Bonchev–Trinajstić information content (AvgIpc) is 2.91. The Morgan fingerprint density at radius 3 is 2.57 bits per heavy atom. The van der Waals surface area contributed by atoms with Crippen LogP contribution < -0.4 is 10.6 Å². The predicted molar refractivity (Wildman–Crippen MR) is 109 cm³/mol. The van der Waals surface area contributed by atoms with E-state index in [9.17, 15) is 0 Å². The molecule has 23 heavy (non-hydrogen) atoms. The van der Waals surface area contributed by atoms with Crippen LogP contribution >= 0.6 is 24.0 Å². The number of nitrogens with one attached hydrogen (secondary N) is 2. The molecular formula is C17H32IN5. The van der Waals surface area contributed by atoms with E-state index >= 15 is 0 Å². The van der Waals surface area contributed by atoms with Crippen molar-refractivity contribution in [3.63, 3.8) is 0 Å². The van der Waals surface area contributed by atoms with E-state index in [-0.39, 0.29) is 24.0 Å². The van der Waals surface area contributed by atoms with Gasteiger partial charge >= 0.3 is 0 Å². The standard InChI is InChI=1S/C17H31N5.HI/c1-5-18-17(19-12-15-6-9-21(4)13-15)20-16-7-10-22(11-8-16)14(2)3;/h6,9,13-14,16H,5,7-8,10-12H2,1-4H3,(H2,18,19,20);1H. The zero-order valence-electron chi connectivity index (χ0n) is 14.9. The first-order chi connectivity index (χ1) is 10.6. The van der Waals surface area contributed by atoms with E-state index in [1.165, 1.54) is 31.5 Å². The highest BCUT2D eigenvalue weighted by molar-refractivity contribution is 14.0. The van der Waals surface area contributed by atoms with Gasteiger partial charge in [-0.1, -0.05) is 0 Å². The molecule has 0 radical (unpaired) electrons. The van der Waals surface area contributed by atoms with Crippen molar-refractivity contribution in [2.45, 2.75) is 52.2 Å². The molecular weight excluding hydrogens is 401 g/mol. The number of aliphatic imine (C=N–C) groups is 1. The second kappa shape index (κ2) is 10.2. The van der Waals surface area contributed by atoms with Crippen LogP contribution in [0.5, 0.6) is 0 Å². The highest BCUT2D eigenvalue weighted by Crippen LogP contribution is 2.12. The van der Waals surface area contributed by atoms with Gasteiger partial charge in [-0.2, -0.15) is 0 Å². The van der Waals surface area contributed by atoms with Crippen LogP contribution in [0.1, 0.15) is 39.2 Å². The fraction of sp³-hybridized carbons (Fsp3) is 0.706. The van der Waals surface area contributed by atoms with Gasteiger partial charge in [0.1, 0.15) is 0 Å².